The average molecular weight is 178 g/mol. The van der Waals surface area contributed by atoms with Crippen LogP contribution in [0.15, 0.2) is 18.2 Å². The fourth-order valence-electron chi connectivity index (χ4n) is 1.20. The molecule has 13 heavy (non-hydrogen) atoms. The SMILES string of the molecule is CCOc1c(C)cccc1C(=N)N. The van der Waals surface area contributed by atoms with Crippen molar-refractivity contribution in [2.24, 2.45) is 5.73 Å². The third-order valence-electron chi connectivity index (χ3n) is 1.79. The lowest BCUT2D eigenvalue weighted by atomic mass is 10.1. The maximum absolute atomic E-state index is 7.35. The van der Waals surface area contributed by atoms with Gasteiger partial charge in [0.05, 0.1) is 12.2 Å². The van der Waals surface area contributed by atoms with Crippen LogP contribution in [0.1, 0.15) is 18.1 Å². The highest BCUT2D eigenvalue weighted by atomic mass is 16.5. The van der Waals surface area contributed by atoms with E-state index in [0.717, 1.165) is 11.3 Å². The molecule has 0 unspecified atom stereocenters. The second kappa shape index (κ2) is 3.94. The number of nitrogens with one attached hydrogen (secondary N) is 1. The number of hydrogen-bond donors (Lipinski definition) is 2. The predicted octanol–water partition coefficient (Wildman–Crippen LogP) is 1.68. The molecule has 0 amide bonds. The van der Waals surface area contributed by atoms with Crippen molar-refractivity contribution in [2.75, 3.05) is 6.61 Å². The van der Waals surface area contributed by atoms with Gasteiger partial charge in [0.2, 0.25) is 0 Å². The fourth-order valence-corrected chi connectivity index (χ4v) is 1.20. The van der Waals surface area contributed by atoms with E-state index in [0.29, 0.717) is 12.2 Å². The molecule has 0 radical (unpaired) electrons. The Labute approximate surface area is 78.0 Å². The zero-order valence-corrected chi connectivity index (χ0v) is 7.92. The van der Waals surface area contributed by atoms with Crippen molar-refractivity contribution in [3.8, 4) is 5.75 Å². The van der Waals surface area contributed by atoms with Crippen LogP contribution in [0.2, 0.25) is 0 Å². The second-order valence-corrected chi connectivity index (χ2v) is 2.80. The van der Waals surface area contributed by atoms with Gasteiger partial charge in [0.15, 0.2) is 0 Å². The van der Waals surface area contributed by atoms with Crippen LogP contribution in [0.25, 0.3) is 0 Å². The van der Waals surface area contributed by atoms with E-state index in [9.17, 15) is 0 Å². The van der Waals surface area contributed by atoms with Gasteiger partial charge in [-0.1, -0.05) is 12.1 Å². The van der Waals surface area contributed by atoms with Gasteiger partial charge in [0.25, 0.3) is 0 Å². The summed E-state index contributed by atoms with van der Waals surface area (Å²) in [7, 11) is 0. The molecule has 1 aromatic carbocycles. The predicted molar refractivity (Wildman–Crippen MR) is 53.4 cm³/mol. The summed E-state index contributed by atoms with van der Waals surface area (Å²) in [5.41, 5.74) is 7.09. The van der Waals surface area contributed by atoms with Gasteiger partial charge in [0.1, 0.15) is 11.6 Å². The number of nitrogen functional groups attached to an aromatic ring is 1. The highest BCUT2D eigenvalue weighted by Gasteiger charge is 2.07. The van der Waals surface area contributed by atoms with Crippen molar-refractivity contribution in [3.63, 3.8) is 0 Å². The Bertz CT molecular complexity index is 321. The molecule has 1 rings (SSSR count). The van der Waals surface area contributed by atoms with Crippen LogP contribution in [0.4, 0.5) is 0 Å². The van der Waals surface area contributed by atoms with Crippen LogP contribution in [0.5, 0.6) is 5.75 Å². The highest BCUT2D eigenvalue weighted by molar-refractivity contribution is 5.98. The molecule has 0 fully saturated rings. The molecule has 0 bridgehead atoms. The average Bonchev–Trinajstić information content (AvgIpc) is 2.08. The van der Waals surface area contributed by atoms with E-state index < -0.39 is 0 Å². The minimum Gasteiger partial charge on any atom is -0.493 e. The number of ether oxygens (including phenoxy) is 1. The summed E-state index contributed by atoms with van der Waals surface area (Å²) in [6.45, 7) is 4.44. The molecule has 0 saturated carbocycles. The number of rotatable bonds is 3. The van der Waals surface area contributed by atoms with Crippen molar-refractivity contribution in [2.45, 2.75) is 13.8 Å². The van der Waals surface area contributed by atoms with Gasteiger partial charge in [-0.3, -0.25) is 5.41 Å². The molecular formula is C10H14N2O. The highest BCUT2D eigenvalue weighted by Crippen LogP contribution is 2.22. The standard InChI is InChI=1S/C10H14N2O/c1-3-13-9-7(2)5-4-6-8(9)10(11)12/h4-6H,3H2,1-2H3,(H3,11,12). The summed E-state index contributed by atoms with van der Waals surface area (Å²) in [6.07, 6.45) is 0. The topological polar surface area (TPSA) is 59.1 Å². The van der Waals surface area contributed by atoms with Gasteiger partial charge in [0, 0.05) is 0 Å². The van der Waals surface area contributed by atoms with E-state index in [1.54, 1.807) is 6.07 Å². The van der Waals surface area contributed by atoms with Gasteiger partial charge in [-0.25, -0.2) is 0 Å². The van der Waals surface area contributed by atoms with E-state index in [1.807, 2.05) is 26.0 Å². The first-order valence-corrected chi connectivity index (χ1v) is 4.23. The maximum Gasteiger partial charge on any atom is 0.133 e. The third kappa shape index (κ3) is 1.99. The Morgan fingerprint density at radius 2 is 2.23 bits per heavy atom. The molecule has 0 aliphatic heterocycles. The molecule has 0 saturated heterocycles. The summed E-state index contributed by atoms with van der Waals surface area (Å²) < 4.78 is 5.41. The van der Waals surface area contributed by atoms with Gasteiger partial charge in [-0.15, -0.1) is 0 Å². The summed E-state index contributed by atoms with van der Waals surface area (Å²) in [5.74, 6) is 0.768. The Balaban J connectivity index is 3.17. The molecular weight excluding hydrogens is 164 g/mol. The van der Waals surface area contributed by atoms with Crippen molar-refractivity contribution in [1.29, 1.82) is 5.41 Å². The van der Waals surface area contributed by atoms with Gasteiger partial charge in [-0.05, 0) is 25.5 Å². The molecule has 0 aliphatic rings. The first kappa shape index (κ1) is 9.58. The lowest BCUT2D eigenvalue weighted by Gasteiger charge is -2.11. The molecule has 0 aromatic heterocycles. The smallest absolute Gasteiger partial charge is 0.133 e. The van der Waals surface area contributed by atoms with Crippen LogP contribution in [-0.4, -0.2) is 12.4 Å². The Morgan fingerprint density at radius 3 is 2.77 bits per heavy atom. The number of nitrogens with two attached hydrogens (primary N) is 1. The largest absolute Gasteiger partial charge is 0.493 e. The van der Waals surface area contributed by atoms with Crippen LogP contribution in [0, 0.1) is 12.3 Å². The zero-order valence-electron chi connectivity index (χ0n) is 7.92. The van der Waals surface area contributed by atoms with Crippen molar-refractivity contribution >= 4 is 5.84 Å². The third-order valence-corrected chi connectivity index (χ3v) is 1.79. The fraction of sp³-hybridized carbons (Fsp3) is 0.300. The van der Waals surface area contributed by atoms with E-state index in [-0.39, 0.29) is 5.84 Å². The molecule has 3 N–H and O–H groups in total. The lowest BCUT2D eigenvalue weighted by Crippen LogP contribution is -2.13. The number of benzene rings is 1. The second-order valence-electron chi connectivity index (χ2n) is 2.80. The number of amidine groups is 1. The molecule has 3 heteroatoms. The van der Waals surface area contributed by atoms with Gasteiger partial charge in [-0.2, -0.15) is 0 Å². The van der Waals surface area contributed by atoms with Crippen LogP contribution in [0.3, 0.4) is 0 Å². The van der Waals surface area contributed by atoms with E-state index in [2.05, 4.69) is 0 Å². The Kier molecular flexibility index (Phi) is 2.90. The Hall–Kier alpha value is -1.51. The van der Waals surface area contributed by atoms with E-state index in [1.165, 1.54) is 0 Å². The van der Waals surface area contributed by atoms with Crippen LogP contribution < -0.4 is 10.5 Å². The minimum atomic E-state index is 0.0483. The quantitative estimate of drug-likeness (QED) is 0.546. The zero-order chi connectivity index (χ0) is 9.84. The summed E-state index contributed by atoms with van der Waals surface area (Å²) in [6, 6.07) is 5.60. The summed E-state index contributed by atoms with van der Waals surface area (Å²) >= 11 is 0. The minimum absolute atomic E-state index is 0.0483. The molecule has 1 aromatic rings. The van der Waals surface area contributed by atoms with Gasteiger partial charge < -0.3 is 10.5 Å². The molecule has 0 atom stereocenters. The number of hydrogen-bond acceptors (Lipinski definition) is 2. The first-order valence-electron chi connectivity index (χ1n) is 4.23. The normalized spacial score (nSPS) is 9.69. The molecule has 0 spiro atoms. The summed E-state index contributed by atoms with van der Waals surface area (Å²) in [5, 5.41) is 7.35. The molecule has 0 aliphatic carbocycles. The molecule has 70 valence electrons. The lowest BCUT2D eigenvalue weighted by molar-refractivity contribution is 0.337. The van der Waals surface area contributed by atoms with Gasteiger partial charge >= 0.3 is 0 Å². The maximum atomic E-state index is 7.35. The van der Waals surface area contributed by atoms with Crippen molar-refractivity contribution < 1.29 is 4.74 Å². The molecule has 3 nitrogen and oxygen atoms in total. The van der Waals surface area contributed by atoms with E-state index in [4.69, 9.17) is 15.9 Å². The molecule has 0 heterocycles. The monoisotopic (exact) mass is 178 g/mol. The van der Waals surface area contributed by atoms with Crippen LogP contribution >= 0.6 is 0 Å². The first-order chi connectivity index (χ1) is 6.16. The van der Waals surface area contributed by atoms with Crippen molar-refractivity contribution in [3.05, 3.63) is 29.3 Å². The van der Waals surface area contributed by atoms with Crippen molar-refractivity contribution in [1.82, 2.24) is 0 Å². The number of aryl methyl sites for hydroxylation is 1. The Morgan fingerprint density at radius 1 is 1.54 bits per heavy atom. The summed E-state index contributed by atoms with van der Waals surface area (Å²) in [4.78, 5) is 0. The van der Waals surface area contributed by atoms with E-state index >= 15 is 0 Å². The number of para-hydroxylation sites is 1. The van der Waals surface area contributed by atoms with Crippen LogP contribution in [-0.2, 0) is 0 Å².